The lowest BCUT2D eigenvalue weighted by molar-refractivity contribution is 0.396. The van der Waals surface area contributed by atoms with Gasteiger partial charge in [0.15, 0.2) is 0 Å². The molecule has 0 unspecified atom stereocenters. The molecule has 0 saturated carbocycles. The molecule has 1 aliphatic heterocycles. The zero-order valence-corrected chi connectivity index (χ0v) is 15.7. The van der Waals surface area contributed by atoms with Crippen LogP contribution in [-0.4, -0.2) is 10.8 Å². The lowest BCUT2D eigenvalue weighted by Gasteiger charge is -2.27. The van der Waals surface area contributed by atoms with Gasteiger partial charge in [-0.15, -0.1) is 11.8 Å². The minimum Gasteiger partial charge on any atom is -0.439 e. The molecule has 0 bridgehead atoms. The molecule has 1 aromatic heterocycles. The largest absolute Gasteiger partial charge is 0.439 e. The summed E-state index contributed by atoms with van der Waals surface area (Å²) in [5.41, 5.74) is 8.19. The topological polar surface area (TPSA) is 81.0 Å². The van der Waals surface area contributed by atoms with Crippen molar-refractivity contribution in [1.82, 2.24) is 4.57 Å². The minimum absolute atomic E-state index is 0.0438. The van der Waals surface area contributed by atoms with Gasteiger partial charge in [0.05, 0.1) is 17.0 Å². The summed E-state index contributed by atoms with van der Waals surface area (Å²) in [6.07, 6.45) is 2.00. The van der Waals surface area contributed by atoms with Gasteiger partial charge in [0, 0.05) is 17.3 Å². The van der Waals surface area contributed by atoms with Gasteiger partial charge in [-0.25, -0.2) is 0 Å². The van der Waals surface area contributed by atoms with Crippen LogP contribution in [0.2, 0.25) is 0 Å². The minimum atomic E-state index is -0.557. The van der Waals surface area contributed by atoms with Gasteiger partial charge in [-0.05, 0) is 36.1 Å². The Hall–Kier alpha value is -3.17. The van der Waals surface area contributed by atoms with E-state index < -0.39 is 5.92 Å². The van der Waals surface area contributed by atoms with Crippen molar-refractivity contribution in [2.75, 3.05) is 6.26 Å². The van der Waals surface area contributed by atoms with Crippen LogP contribution >= 0.6 is 11.8 Å². The highest BCUT2D eigenvalue weighted by Gasteiger charge is 2.35. The first-order chi connectivity index (χ1) is 13.1. The van der Waals surface area contributed by atoms with Crippen LogP contribution in [0.25, 0.3) is 10.9 Å². The second-order valence-corrected chi connectivity index (χ2v) is 7.20. The number of fused-ring (bicyclic) bond motifs is 3. The Labute approximate surface area is 160 Å². The fraction of sp³-hybridized carbons (Fsp3) is 0.143. The molecule has 1 aliphatic rings. The number of nitrogens with two attached hydrogens (primary N) is 1. The summed E-state index contributed by atoms with van der Waals surface area (Å²) in [6, 6.07) is 17.5. The summed E-state index contributed by atoms with van der Waals surface area (Å²) in [4.78, 5) is 14.3. The van der Waals surface area contributed by atoms with Crippen molar-refractivity contribution < 1.29 is 4.74 Å². The Kier molecular flexibility index (Phi) is 4.17. The summed E-state index contributed by atoms with van der Waals surface area (Å²) < 4.78 is 7.39. The third kappa shape index (κ3) is 2.59. The number of aryl methyl sites for hydroxylation is 1. The third-order valence-corrected chi connectivity index (χ3v) is 5.66. The number of hydrogen-bond acceptors (Lipinski definition) is 5. The molecular weight excluding hydrogens is 358 g/mol. The maximum absolute atomic E-state index is 13.2. The lowest BCUT2D eigenvalue weighted by Crippen LogP contribution is -2.31. The van der Waals surface area contributed by atoms with Crippen LogP contribution in [0.3, 0.4) is 0 Å². The van der Waals surface area contributed by atoms with Crippen molar-refractivity contribution in [3.63, 3.8) is 0 Å². The number of benzene rings is 2. The molecule has 6 heteroatoms. The van der Waals surface area contributed by atoms with Gasteiger partial charge < -0.3 is 15.0 Å². The quantitative estimate of drug-likeness (QED) is 0.694. The number of nitrogens with zero attached hydrogens (tertiary/aromatic N) is 2. The molecule has 3 aromatic rings. The van der Waals surface area contributed by atoms with Crippen molar-refractivity contribution >= 4 is 22.7 Å². The number of allylic oxidation sites excluding steroid dienone is 1. The van der Waals surface area contributed by atoms with Gasteiger partial charge >= 0.3 is 0 Å². The smallest absolute Gasteiger partial charge is 0.258 e. The first-order valence-electron chi connectivity index (χ1n) is 8.40. The number of ether oxygens (including phenoxy) is 1. The van der Waals surface area contributed by atoms with E-state index in [1.807, 2.05) is 54.8 Å². The maximum Gasteiger partial charge on any atom is 0.258 e. The summed E-state index contributed by atoms with van der Waals surface area (Å²) in [5, 5.41) is 10.5. The zero-order chi connectivity index (χ0) is 19.1. The van der Waals surface area contributed by atoms with Crippen LogP contribution in [0.5, 0.6) is 5.75 Å². The Morgan fingerprint density at radius 3 is 2.56 bits per heavy atom. The molecular formula is C21H17N3O2S. The van der Waals surface area contributed by atoms with Crippen LogP contribution in [0.4, 0.5) is 0 Å². The van der Waals surface area contributed by atoms with Crippen molar-refractivity contribution in [1.29, 1.82) is 5.26 Å². The molecule has 2 N–H and O–H groups in total. The normalized spacial score (nSPS) is 16.0. The average molecular weight is 375 g/mol. The van der Waals surface area contributed by atoms with Crippen LogP contribution in [0.15, 0.2) is 69.7 Å². The van der Waals surface area contributed by atoms with E-state index in [0.717, 1.165) is 21.4 Å². The molecule has 27 heavy (non-hydrogen) atoms. The maximum atomic E-state index is 13.2. The van der Waals surface area contributed by atoms with E-state index in [0.29, 0.717) is 11.3 Å². The van der Waals surface area contributed by atoms with Gasteiger partial charge in [0.25, 0.3) is 5.56 Å². The van der Waals surface area contributed by atoms with Crippen LogP contribution in [0, 0.1) is 11.3 Å². The van der Waals surface area contributed by atoms with E-state index in [-0.39, 0.29) is 17.0 Å². The van der Waals surface area contributed by atoms with Crippen molar-refractivity contribution in [2.45, 2.75) is 10.8 Å². The molecule has 4 rings (SSSR count). The number of hydrogen-bond donors (Lipinski definition) is 1. The average Bonchev–Trinajstić information content (AvgIpc) is 2.71. The van der Waals surface area contributed by atoms with E-state index in [2.05, 4.69) is 6.07 Å². The lowest BCUT2D eigenvalue weighted by atomic mass is 9.83. The molecule has 1 atom stereocenters. The first-order valence-corrected chi connectivity index (χ1v) is 9.62. The Morgan fingerprint density at radius 1 is 1.19 bits per heavy atom. The molecule has 2 heterocycles. The van der Waals surface area contributed by atoms with Crippen molar-refractivity contribution in [3.05, 3.63) is 81.5 Å². The first kappa shape index (κ1) is 17.3. The summed E-state index contributed by atoms with van der Waals surface area (Å²) in [5.74, 6) is -0.0792. The second kappa shape index (κ2) is 6.53. The summed E-state index contributed by atoms with van der Waals surface area (Å²) in [6.45, 7) is 0. The fourth-order valence-corrected chi connectivity index (χ4v) is 3.96. The van der Waals surface area contributed by atoms with Crippen molar-refractivity contribution in [2.24, 2.45) is 12.8 Å². The molecule has 0 fully saturated rings. The molecule has 0 saturated heterocycles. The van der Waals surface area contributed by atoms with Gasteiger partial charge in [-0.3, -0.25) is 4.79 Å². The molecule has 0 aliphatic carbocycles. The molecule has 0 amide bonds. The predicted octanol–water partition coefficient (Wildman–Crippen LogP) is 3.48. The Bertz CT molecular complexity index is 1190. The number of aromatic nitrogens is 1. The molecule has 0 radical (unpaired) electrons. The number of rotatable bonds is 2. The zero-order valence-electron chi connectivity index (χ0n) is 14.9. The van der Waals surface area contributed by atoms with Crippen molar-refractivity contribution in [3.8, 4) is 11.8 Å². The number of para-hydroxylation sites is 1. The van der Waals surface area contributed by atoms with E-state index in [1.54, 1.807) is 23.4 Å². The number of thioether (sulfide) groups is 1. The fourth-order valence-electron chi connectivity index (χ4n) is 3.56. The van der Waals surface area contributed by atoms with Crippen LogP contribution in [0.1, 0.15) is 17.0 Å². The molecule has 2 aromatic carbocycles. The summed E-state index contributed by atoms with van der Waals surface area (Å²) in [7, 11) is 1.73. The van der Waals surface area contributed by atoms with E-state index in [1.165, 1.54) is 0 Å². The number of pyridine rings is 1. The molecule has 5 nitrogen and oxygen atoms in total. The second-order valence-electron chi connectivity index (χ2n) is 6.32. The van der Waals surface area contributed by atoms with Crippen LogP contribution < -0.4 is 16.0 Å². The Morgan fingerprint density at radius 2 is 1.89 bits per heavy atom. The predicted molar refractivity (Wildman–Crippen MR) is 107 cm³/mol. The van der Waals surface area contributed by atoms with E-state index in [9.17, 15) is 10.1 Å². The molecule has 134 valence electrons. The van der Waals surface area contributed by atoms with Crippen LogP contribution in [-0.2, 0) is 7.05 Å². The van der Waals surface area contributed by atoms with E-state index >= 15 is 0 Å². The van der Waals surface area contributed by atoms with Gasteiger partial charge in [-0.1, -0.05) is 24.3 Å². The standard InChI is InChI=1S/C21H17N3O2S/c1-24-16-6-4-3-5-14(16)19-18(21(24)25)17(15(11-22)20(23)26-19)12-7-9-13(27-2)10-8-12/h3-10,17H,23H2,1-2H3/t17-/m0/s1. The molecule has 0 spiro atoms. The highest BCUT2D eigenvalue weighted by Crippen LogP contribution is 2.43. The third-order valence-electron chi connectivity index (χ3n) is 4.91. The SMILES string of the molecule is CSc1ccc([C@H]2C(C#N)=C(N)Oc3c2c(=O)n(C)c2ccccc32)cc1. The monoisotopic (exact) mass is 375 g/mol. The van der Waals surface area contributed by atoms with Gasteiger partial charge in [0.1, 0.15) is 17.4 Å². The highest BCUT2D eigenvalue weighted by atomic mass is 32.2. The number of nitriles is 1. The van der Waals surface area contributed by atoms with E-state index in [4.69, 9.17) is 10.5 Å². The summed E-state index contributed by atoms with van der Waals surface area (Å²) >= 11 is 1.63. The highest BCUT2D eigenvalue weighted by molar-refractivity contribution is 7.98. The Balaban J connectivity index is 2.07. The van der Waals surface area contributed by atoms with Gasteiger partial charge in [-0.2, -0.15) is 5.26 Å². The van der Waals surface area contributed by atoms with Gasteiger partial charge in [0.2, 0.25) is 5.88 Å².